The first-order chi connectivity index (χ1) is 13.9. The van der Waals surface area contributed by atoms with E-state index in [9.17, 15) is 23.9 Å². The second-order valence-corrected chi connectivity index (χ2v) is 7.43. The summed E-state index contributed by atoms with van der Waals surface area (Å²) in [7, 11) is 1.27. The van der Waals surface area contributed by atoms with E-state index >= 15 is 0 Å². The molecule has 1 N–H and O–H groups in total. The molecule has 1 fully saturated rings. The van der Waals surface area contributed by atoms with Crippen LogP contribution in [0.4, 0.5) is 4.39 Å². The molecule has 1 saturated heterocycles. The van der Waals surface area contributed by atoms with E-state index in [0.29, 0.717) is 16.8 Å². The maximum atomic E-state index is 13.3. The van der Waals surface area contributed by atoms with E-state index in [4.69, 9.17) is 4.74 Å². The molecule has 2 aliphatic rings. The number of rotatable bonds is 3. The molecule has 0 aliphatic carbocycles. The molecule has 4 rings (SSSR count). The third-order valence-corrected chi connectivity index (χ3v) is 6.04. The third kappa shape index (κ3) is 2.86. The van der Waals surface area contributed by atoms with Gasteiger partial charge < -0.3 is 19.3 Å². The molecule has 0 spiro atoms. The lowest BCUT2D eigenvalue weighted by molar-refractivity contribution is -0.148. The van der Waals surface area contributed by atoms with Gasteiger partial charge in [0.05, 0.1) is 25.1 Å². The molecule has 29 heavy (non-hydrogen) atoms. The van der Waals surface area contributed by atoms with Crippen LogP contribution in [0, 0.1) is 17.7 Å². The van der Waals surface area contributed by atoms with Gasteiger partial charge in [-0.1, -0.05) is 12.1 Å². The normalized spacial score (nSPS) is 24.9. The number of esters is 1. The Bertz CT molecular complexity index is 1030. The van der Waals surface area contributed by atoms with Crippen LogP contribution in [0.15, 0.2) is 41.2 Å². The first kappa shape index (κ1) is 19.3. The third-order valence-electron chi connectivity index (χ3n) is 6.04. The average molecular weight is 400 g/mol. The van der Waals surface area contributed by atoms with Gasteiger partial charge in [-0.25, -0.2) is 4.39 Å². The van der Waals surface area contributed by atoms with Crippen molar-refractivity contribution in [1.29, 1.82) is 0 Å². The number of hydrogen-bond donors (Lipinski definition) is 1. The van der Waals surface area contributed by atoms with Gasteiger partial charge in [0.15, 0.2) is 0 Å². The van der Waals surface area contributed by atoms with Gasteiger partial charge in [0.2, 0.25) is 5.91 Å². The van der Waals surface area contributed by atoms with Crippen LogP contribution in [0.3, 0.4) is 0 Å². The summed E-state index contributed by atoms with van der Waals surface area (Å²) < 4.78 is 19.7. The fourth-order valence-corrected chi connectivity index (χ4v) is 4.79. The lowest BCUT2D eigenvalue weighted by Gasteiger charge is -2.37. The SMILES string of the molecule is COC(=O)[C@H]1[C@H](CO)[C@H]2Cn3c(ccc(-c4ccc(F)cc4)c3=O)[C@@H]1N2C(C)=O. The average Bonchev–Trinajstić information content (AvgIpc) is 2.96. The van der Waals surface area contributed by atoms with Crippen LogP contribution in [-0.2, 0) is 20.9 Å². The van der Waals surface area contributed by atoms with Crippen molar-refractivity contribution in [1.82, 2.24) is 9.47 Å². The predicted octanol–water partition coefficient (Wildman–Crippen LogP) is 1.34. The number of halogens is 1. The summed E-state index contributed by atoms with van der Waals surface area (Å²) in [6, 6.07) is 7.79. The van der Waals surface area contributed by atoms with Crippen molar-refractivity contribution in [3.05, 3.63) is 58.3 Å². The highest BCUT2D eigenvalue weighted by Crippen LogP contribution is 2.48. The molecule has 1 amide bonds. The van der Waals surface area contributed by atoms with Crippen molar-refractivity contribution < 1.29 is 23.8 Å². The fourth-order valence-electron chi connectivity index (χ4n) is 4.79. The minimum Gasteiger partial charge on any atom is -0.469 e. The summed E-state index contributed by atoms with van der Waals surface area (Å²) in [6.45, 7) is 1.27. The lowest BCUT2D eigenvalue weighted by Crippen LogP contribution is -2.48. The van der Waals surface area contributed by atoms with E-state index in [0.717, 1.165) is 0 Å². The number of hydrogen-bond acceptors (Lipinski definition) is 5. The largest absolute Gasteiger partial charge is 0.469 e. The topological polar surface area (TPSA) is 88.8 Å². The molecule has 2 aliphatic heterocycles. The monoisotopic (exact) mass is 400 g/mol. The van der Waals surface area contributed by atoms with Crippen molar-refractivity contribution in [2.75, 3.05) is 13.7 Å². The van der Waals surface area contributed by atoms with Gasteiger partial charge in [-0.05, 0) is 29.8 Å². The van der Waals surface area contributed by atoms with Crippen LogP contribution in [0.25, 0.3) is 11.1 Å². The highest BCUT2D eigenvalue weighted by Gasteiger charge is 2.57. The Morgan fingerprint density at radius 3 is 2.48 bits per heavy atom. The zero-order valence-corrected chi connectivity index (χ0v) is 16.0. The summed E-state index contributed by atoms with van der Waals surface area (Å²) in [4.78, 5) is 39.7. The van der Waals surface area contributed by atoms with E-state index in [-0.39, 0.29) is 24.6 Å². The molecule has 0 radical (unpaired) electrons. The van der Waals surface area contributed by atoms with Crippen LogP contribution in [0.1, 0.15) is 18.7 Å². The van der Waals surface area contributed by atoms with Crippen LogP contribution >= 0.6 is 0 Å². The van der Waals surface area contributed by atoms with Crippen LogP contribution in [0.5, 0.6) is 0 Å². The van der Waals surface area contributed by atoms with Gasteiger partial charge in [0, 0.05) is 37.3 Å². The smallest absolute Gasteiger partial charge is 0.311 e. The quantitative estimate of drug-likeness (QED) is 0.786. The number of pyridine rings is 1. The van der Waals surface area contributed by atoms with E-state index in [1.54, 1.807) is 21.6 Å². The van der Waals surface area contributed by atoms with Gasteiger partial charge in [-0.3, -0.25) is 14.4 Å². The molecule has 152 valence electrons. The number of nitrogens with zero attached hydrogens (tertiary/aromatic N) is 2. The zero-order chi connectivity index (χ0) is 20.9. The van der Waals surface area contributed by atoms with Crippen molar-refractivity contribution in [3.8, 4) is 11.1 Å². The van der Waals surface area contributed by atoms with Gasteiger partial charge in [0.1, 0.15) is 5.82 Å². The van der Waals surface area contributed by atoms with Gasteiger partial charge >= 0.3 is 5.97 Å². The number of fused-ring (bicyclic) bond motifs is 4. The minimum absolute atomic E-state index is 0.165. The lowest BCUT2D eigenvalue weighted by atomic mass is 9.87. The van der Waals surface area contributed by atoms with E-state index < -0.39 is 35.7 Å². The van der Waals surface area contributed by atoms with Gasteiger partial charge in [0.25, 0.3) is 5.56 Å². The Morgan fingerprint density at radius 2 is 1.90 bits per heavy atom. The number of carbonyl (C=O) groups excluding carboxylic acids is 2. The molecule has 8 heteroatoms. The van der Waals surface area contributed by atoms with Crippen LogP contribution < -0.4 is 5.56 Å². The minimum atomic E-state index is -0.760. The fraction of sp³-hybridized carbons (Fsp3) is 0.381. The molecule has 2 bridgehead atoms. The molecule has 1 aromatic carbocycles. The number of aromatic nitrogens is 1. The number of aliphatic hydroxyl groups excluding tert-OH is 1. The second kappa shape index (κ2) is 7.11. The van der Waals surface area contributed by atoms with Gasteiger partial charge in [-0.2, -0.15) is 0 Å². The van der Waals surface area contributed by atoms with Crippen molar-refractivity contribution in [3.63, 3.8) is 0 Å². The Hall–Kier alpha value is -3.00. The number of methoxy groups -OCH3 is 1. The Morgan fingerprint density at radius 1 is 1.21 bits per heavy atom. The number of benzene rings is 1. The summed E-state index contributed by atoms with van der Waals surface area (Å²) in [6.07, 6.45) is 0. The first-order valence-corrected chi connectivity index (χ1v) is 9.36. The van der Waals surface area contributed by atoms with Crippen LogP contribution in [0.2, 0.25) is 0 Å². The van der Waals surface area contributed by atoms with E-state index in [1.165, 1.54) is 38.3 Å². The molecule has 0 saturated carbocycles. The molecule has 1 aromatic heterocycles. The second-order valence-electron chi connectivity index (χ2n) is 7.43. The maximum absolute atomic E-state index is 13.3. The first-order valence-electron chi connectivity index (χ1n) is 9.36. The number of aliphatic hydroxyl groups is 1. The summed E-state index contributed by atoms with van der Waals surface area (Å²) >= 11 is 0. The summed E-state index contributed by atoms with van der Waals surface area (Å²) in [5.74, 6) is -2.44. The Balaban J connectivity index is 1.88. The highest BCUT2D eigenvalue weighted by molar-refractivity contribution is 5.80. The Labute approximate surface area is 166 Å². The van der Waals surface area contributed by atoms with Crippen molar-refractivity contribution in [2.24, 2.45) is 11.8 Å². The van der Waals surface area contributed by atoms with E-state index in [2.05, 4.69) is 0 Å². The van der Waals surface area contributed by atoms with Crippen molar-refractivity contribution >= 4 is 11.9 Å². The molecular weight excluding hydrogens is 379 g/mol. The van der Waals surface area contributed by atoms with E-state index in [1.807, 2.05) is 0 Å². The number of carbonyl (C=O) groups is 2. The molecule has 4 atom stereocenters. The molecule has 7 nitrogen and oxygen atoms in total. The standard InChI is InChI=1S/C21H21FN2O5/c1-11(26)24-17-9-23-16(19(24)18(15(17)10-25)21(28)29-2)8-7-14(20(23)27)12-3-5-13(22)6-4-12/h3-8,15,17-19,25H,9-10H2,1-2H3/t15-,17-,18+,19+/m1/s1. The zero-order valence-electron chi connectivity index (χ0n) is 16.0. The summed E-state index contributed by atoms with van der Waals surface area (Å²) in [5, 5.41) is 9.97. The van der Waals surface area contributed by atoms with Gasteiger partial charge in [-0.15, -0.1) is 0 Å². The number of amides is 1. The predicted molar refractivity (Wildman–Crippen MR) is 101 cm³/mol. The number of ether oxygens (including phenoxy) is 1. The molecule has 0 unspecified atom stereocenters. The highest BCUT2D eigenvalue weighted by atomic mass is 19.1. The molecule has 3 heterocycles. The van der Waals surface area contributed by atoms with Crippen molar-refractivity contribution in [2.45, 2.75) is 25.6 Å². The molecular formula is C21H21FN2O5. The summed E-state index contributed by atoms with van der Waals surface area (Å²) in [5.41, 5.74) is 1.23. The maximum Gasteiger partial charge on any atom is 0.311 e. The molecule has 2 aromatic rings. The van der Waals surface area contributed by atoms with Crippen LogP contribution in [-0.4, -0.2) is 46.2 Å². The Kier molecular flexibility index (Phi) is 4.74.